The summed E-state index contributed by atoms with van der Waals surface area (Å²) in [6.07, 6.45) is 0.446. The average molecular weight is 295 g/mol. The fourth-order valence-corrected chi connectivity index (χ4v) is 2.35. The molecule has 2 N–H and O–H groups in total. The van der Waals surface area contributed by atoms with Gasteiger partial charge in [0.1, 0.15) is 0 Å². The molecule has 0 aliphatic rings. The lowest BCUT2D eigenvalue weighted by Gasteiger charge is -2.24. The Balaban J connectivity index is 2.55. The lowest BCUT2D eigenvalue weighted by atomic mass is 10.1. The van der Waals surface area contributed by atoms with E-state index in [4.69, 9.17) is 9.84 Å². The first-order valence-corrected chi connectivity index (χ1v) is 7.42. The van der Waals surface area contributed by atoms with Crippen LogP contribution in [-0.2, 0) is 4.74 Å². The summed E-state index contributed by atoms with van der Waals surface area (Å²) < 4.78 is 5.53. The summed E-state index contributed by atoms with van der Waals surface area (Å²) in [5, 5.41) is 11.5. The SMILES string of the molecule is CCOC(C)(C)CNC(=O)c1ccc(C#CCCO)s1. The molecule has 4 nitrogen and oxygen atoms in total. The Morgan fingerprint density at radius 3 is 2.90 bits per heavy atom. The van der Waals surface area contributed by atoms with Gasteiger partial charge in [0.05, 0.1) is 22.0 Å². The zero-order valence-electron chi connectivity index (χ0n) is 12.2. The minimum Gasteiger partial charge on any atom is -0.395 e. The number of aliphatic hydroxyl groups excluding tert-OH is 1. The van der Waals surface area contributed by atoms with Crippen molar-refractivity contribution in [2.24, 2.45) is 0 Å². The minimum absolute atomic E-state index is 0.0538. The van der Waals surface area contributed by atoms with E-state index >= 15 is 0 Å². The summed E-state index contributed by atoms with van der Waals surface area (Å²) in [4.78, 5) is 13.5. The zero-order valence-corrected chi connectivity index (χ0v) is 13.0. The number of carbonyl (C=O) groups is 1. The van der Waals surface area contributed by atoms with Crippen LogP contribution in [0.2, 0.25) is 0 Å². The number of thiophene rings is 1. The van der Waals surface area contributed by atoms with Gasteiger partial charge in [-0.15, -0.1) is 11.3 Å². The van der Waals surface area contributed by atoms with Crippen LogP contribution in [0.1, 0.15) is 41.7 Å². The normalized spacial score (nSPS) is 10.8. The molecule has 0 radical (unpaired) electrons. The molecule has 1 amide bonds. The molecule has 0 atom stereocenters. The van der Waals surface area contributed by atoms with Crippen LogP contribution >= 0.6 is 11.3 Å². The molecule has 0 aromatic carbocycles. The summed E-state index contributed by atoms with van der Waals surface area (Å²) in [6.45, 7) is 6.95. The van der Waals surface area contributed by atoms with E-state index in [-0.39, 0.29) is 18.1 Å². The molecule has 0 aliphatic heterocycles. The van der Waals surface area contributed by atoms with Crippen LogP contribution in [0.4, 0.5) is 0 Å². The molecular formula is C15H21NO3S. The number of hydrogen-bond acceptors (Lipinski definition) is 4. The number of ether oxygens (including phenoxy) is 1. The van der Waals surface area contributed by atoms with E-state index in [1.807, 2.05) is 26.8 Å². The van der Waals surface area contributed by atoms with Gasteiger partial charge in [-0.3, -0.25) is 4.79 Å². The van der Waals surface area contributed by atoms with E-state index in [0.717, 1.165) is 4.88 Å². The van der Waals surface area contributed by atoms with Crippen LogP contribution in [-0.4, -0.2) is 36.4 Å². The summed E-state index contributed by atoms with van der Waals surface area (Å²) in [5.41, 5.74) is -0.370. The van der Waals surface area contributed by atoms with Crippen molar-refractivity contribution in [2.45, 2.75) is 32.8 Å². The monoisotopic (exact) mass is 295 g/mol. The van der Waals surface area contributed by atoms with Gasteiger partial charge >= 0.3 is 0 Å². The van der Waals surface area contributed by atoms with Gasteiger partial charge in [0.15, 0.2) is 0 Å². The molecule has 5 heteroatoms. The molecule has 0 unspecified atom stereocenters. The molecule has 1 aromatic rings. The number of amides is 1. The van der Waals surface area contributed by atoms with Gasteiger partial charge in [0.25, 0.3) is 5.91 Å². The van der Waals surface area contributed by atoms with E-state index in [0.29, 0.717) is 24.4 Å². The molecule has 0 bridgehead atoms. The van der Waals surface area contributed by atoms with Crippen molar-refractivity contribution < 1.29 is 14.6 Å². The van der Waals surface area contributed by atoms with Gasteiger partial charge in [0, 0.05) is 19.6 Å². The quantitative estimate of drug-likeness (QED) is 0.790. The lowest BCUT2D eigenvalue weighted by molar-refractivity contribution is -0.00812. The molecule has 1 heterocycles. The molecule has 0 saturated carbocycles. The summed E-state index contributed by atoms with van der Waals surface area (Å²) >= 11 is 1.35. The average Bonchev–Trinajstić information content (AvgIpc) is 2.85. The minimum atomic E-state index is -0.370. The molecule has 0 spiro atoms. The Labute approximate surface area is 124 Å². The van der Waals surface area contributed by atoms with Crippen molar-refractivity contribution >= 4 is 17.2 Å². The Morgan fingerprint density at radius 1 is 1.50 bits per heavy atom. The molecule has 20 heavy (non-hydrogen) atoms. The third-order valence-corrected chi connectivity index (χ3v) is 3.49. The summed E-state index contributed by atoms with van der Waals surface area (Å²) in [5.74, 6) is 5.64. The molecule has 1 rings (SSSR count). The fourth-order valence-electron chi connectivity index (χ4n) is 1.55. The van der Waals surface area contributed by atoms with Crippen LogP contribution in [0.5, 0.6) is 0 Å². The second-order valence-electron chi connectivity index (χ2n) is 4.81. The van der Waals surface area contributed by atoms with E-state index in [1.54, 1.807) is 6.07 Å². The number of aliphatic hydroxyl groups is 1. The Bertz CT molecular complexity index is 497. The molecule has 0 fully saturated rings. The molecule has 0 saturated heterocycles. The number of carbonyl (C=O) groups excluding carboxylic acids is 1. The topological polar surface area (TPSA) is 58.6 Å². The van der Waals surface area contributed by atoms with Gasteiger partial charge in [-0.2, -0.15) is 0 Å². The molecule has 1 aromatic heterocycles. The first kappa shape index (κ1) is 16.7. The van der Waals surface area contributed by atoms with E-state index in [1.165, 1.54) is 11.3 Å². The third kappa shape index (κ3) is 5.74. The lowest BCUT2D eigenvalue weighted by Crippen LogP contribution is -2.40. The first-order valence-electron chi connectivity index (χ1n) is 6.60. The highest BCUT2D eigenvalue weighted by Crippen LogP contribution is 2.16. The maximum Gasteiger partial charge on any atom is 0.261 e. The summed E-state index contributed by atoms with van der Waals surface area (Å²) in [7, 11) is 0. The maximum absolute atomic E-state index is 12.0. The summed E-state index contributed by atoms with van der Waals surface area (Å²) in [6, 6.07) is 3.58. The Morgan fingerprint density at radius 2 is 2.25 bits per heavy atom. The number of nitrogens with one attached hydrogen (secondary N) is 1. The van der Waals surface area contributed by atoms with Crippen LogP contribution in [0, 0.1) is 11.8 Å². The fraction of sp³-hybridized carbons (Fsp3) is 0.533. The highest BCUT2D eigenvalue weighted by Gasteiger charge is 2.19. The zero-order chi connectivity index (χ0) is 15.0. The predicted octanol–water partition coefficient (Wildman–Crippen LogP) is 2.03. The standard InChI is InChI=1S/C15H21NO3S/c1-4-19-15(2,3)11-16-14(18)13-9-8-12(20-13)7-5-6-10-17/h8-9,17H,4,6,10-11H2,1-3H3,(H,16,18). The van der Waals surface area contributed by atoms with Gasteiger partial charge in [-0.1, -0.05) is 11.8 Å². The van der Waals surface area contributed by atoms with Gasteiger partial charge in [0.2, 0.25) is 0 Å². The van der Waals surface area contributed by atoms with Gasteiger partial charge < -0.3 is 15.2 Å². The van der Waals surface area contributed by atoms with Crippen LogP contribution in [0.15, 0.2) is 12.1 Å². The van der Waals surface area contributed by atoms with Gasteiger partial charge in [-0.25, -0.2) is 0 Å². The third-order valence-electron chi connectivity index (χ3n) is 2.49. The van der Waals surface area contributed by atoms with Crippen molar-refractivity contribution in [3.05, 3.63) is 21.9 Å². The highest BCUT2D eigenvalue weighted by molar-refractivity contribution is 7.14. The second-order valence-corrected chi connectivity index (χ2v) is 5.90. The first-order chi connectivity index (χ1) is 9.48. The second kappa shape index (κ2) is 8.05. The number of hydrogen-bond donors (Lipinski definition) is 2. The van der Waals surface area contributed by atoms with Crippen LogP contribution in [0.25, 0.3) is 0 Å². The molecule has 0 aliphatic carbocycles. The molecule has 110 valence electrons. The van der Waals surface area contributed by atoms with Gasteiger partial charge in [-0.05, 0) is 32.9 Å². The van der Waals surface area contributed by atoms with E-state index in [9.17, 15) is 4.79 Å². The van der Waals surface area contributed by atoms with Crippen molar-refractivity contribution in [1.29, 1.82) is 0 Å². The van der Waals surface area contributed by atoms with E-state index in [2.05, 4.69) is 17.2 Å². The largest absolute Gasteiger partial charge is 0.395 e. The Kier molecular flexibility index (Phi) is 6.73. The van der Waals surface area contributed by atoms with Crippen molar-refractivity contribution in [3.8, 4) is 11.8 Å². The smallest absolute Gasteiger partial charge is 0.261 e. The van der Waals surface area contributed by atoms with Crippen LogP contribution in [0.3, 0.4) is 0 Å². The predicted molar refractivity (Wildman–Crippen MR) is 80.9 cm³/mol. The van der Waals surface area contributed by atoms with Crippen molar-refractivity contribution in [3.63, 3.8) is 0 Å². The van der Waals surface area contributed by atoms with E-state index < -0.39 is 0 Å². The van der Waals surface area contributed by atoms with Crippen molar-refractivity contribution in [1.82, 2.24) is 5.32 Å². The Hall–Kier alpha value is -1.35. The van der Waals surface area contributed by atoms with Crippen molar-refractivity contribution in [2.75, 3.05) is 19.8 Å². The number of rotatable bonds is 6. The van der Waals surface area contributed by atoms with Crippen LogP contribution < -0.4 is 5.32 Å². The molecular weight excluding hydrogens is 274 g/mol. The highest BCUT2D eigenvalue weighted by atomic mass is 32.1. The maximum atomic E-state index is 12.0.